The normalized spacial score (nSPS) is 24.9. The highest BCUT2D eigenvalue weighted by Gasteiger charge is 2.46. The third-order valence-corrected chi connectivity index (χ3v) is 16.5. The zero-order valence-electron chi connectivity index (χ0n) is 61.9. The van der Waals surface area contributed by atoms with E-state index in [0.717, 1.165) is 38.5 Å². The van der Waals surface area contributed by atoms with E-state index in [-0.39, 0.29) is 234 Å². The van der Waals surface area contributed by atoms with Gasteiger partial charge < -0.3 is 159 Å². The monoisotopic (exact) mass is 1550 g/mol. The van der Waals surface area contributed by atoms with Gasteiger partial charge >= 0.3 is 23.9 Å². The molecule has 3 fully saturated rings. The van der Waals surface area contributed by atoms with Gasteiger partial charge in [-0.1, -0.05) is 38.5 Å². The second-order valence-electron chi connectivity index (χ2n) is 25.5. The number of rotatable bonds is 63. The lowest BCUT2D eigenvalue weighted by atomic mass is 9.98. The number of nitrogens with one attached hydrogen (secondary N) is 4. The van der Waals surface area contributed by atoms with Gasteiger partial charge in [0.1, 0.15) is 80.3 Å². The van der Waals surface area contributed by atoms with E-state index < -0.39 is 121 Å². The number of carbonyl (C=O) groups excluding carboxylic acids is 7. The van der Waals surface area contributed by atoms with Gasteiger partial charge in [-0.25, -0.2) is 0 Å². The molecule has 3 aliphatic rings. The summed E-state index contributed by atoms with van der Waals surface area (Å²) in [4.78, 5) is 97.3. The standard InChI is InChI=1S/C67H121N7O33/c1-44(75)102-38-47-58(84)61(87)55(68)64(105-47)99-35-32-93-29-26-90-23-17-71-50(78)14-20-96-41-67(74-53(81)12-10-8-6-4-5-7-9-11-13-54(82)83,42-97-21-15-51(79)72-18-24-91-27-30-94-33-36-100-65-56(69)62(88)59(85)48(106-65)39-103-45(2)76)43-98-22-16-52(80)73-19-25-92-28-31-95-34-37-101-66-57(70)63(89)60(86)49(107-66)40-104-46(3)77/h47-49,55-66,84-89H,4-43,68-70H2,1-3H3,(H,71,78)(H,72,79)(H,73,80)(H,74,81)(H,82,83). The Hall–Kier alpha value is -5.20. The first-order valence-electron chi connectivity index (χ1n) is 36.4. The summed E-state index contributed by atoms with van der Waals surface area (Å²) in [5, 5.41) is 82.0. The van der Waals surface area contributed by atoms with Crippen molar-refractivity contribution in [1.82, 2.24) is 21.3 Å². The Kier molecular flexibility index (Phi) is 51.9. The van der Waals surface area contributed by atoms with Crippen molar-refractivity contribution in [2.24, 2.45) is 17.2 Å². The molecule has 0 aromatic rings. The van der Waals surface area contributed by atoms with E-state index in [2.05, 4.69) is 21.3 Å². The average Bonchev–Trinajstić information content (AvgIpc) is 0.824. The predicted octanol–water partition coefficient (Wildman–Crippen LogP) is -5.44. The van der Waals surface area contributed by atoms with Crippen LogP contribution >= 0.6 is 0 Å². The van der Waals surface area contributed by atoms with E-state index >= 15 is 0 Å². The Bertz CT molecular complexity index is 2240. The fraction of sp³-hybridized carbons (Fsp3) is 0.881. The van der Waals surface area contributed by atoms with Crippen LogP contribution in [-0.4, -0.2) is 359 Å². The van der Waals surface area contributed by atoms with E-state index in [4.69, 9.17) is 108 Å². The molecule has 15 unspecified atom stereocenters. The number of carboxylic acids is 1. The van der Waals surface area contributed by atoms with Crippen LogP contribution in [0.15, 0.2) is 0 Å². The first-order chi connectivity index (χ1) is 51.3. The minimum absolute atomic E-state index is 0.0107. The van der Waals surface area contributed by atoms with E-state index in [1.165, 1.54) is 20.8 Å². The van der Waals surface area contributed by atoms with Crippen LogP contribution in [0.1, 0.15) is 104 Å². The van der Waals surface area contributed by atoms with Crippen LogP contribution in [0.4, 0.5) is 0 Å². The van der Waals surface area contributed by atoms with Crippen LogP contribution < -0.4 is 38.5 Å². The Labute approximate surface area is 623 Å². The topological polar surface area (TPSA) is 570 Å². The van der Waals surface area contributed by atoms with Gasteiger partial charge in [-0.3, -0.25) is 38.4 Å². The van der Waals surface area contributed by atoms with Crippen LogP contribution in [0.5, 0.6) is 0 Å². The molecule has 3 saturated heterocycles. The molecule has 40 heteroatoms. The number of aliphatic hydroxyl groups excluding tert-OH is 6. The summed E-state index contributed by atoms with van der Waals surface area (Å²) < 4.78 is 99.8. The molecule has 0 spiro atoms. The van der Waals surface area contributed by atoms with E-state index in [1.807, 2.05) is 0 Å². The largest absolute Gasteiger partial charge is 0.481 e. The summed E-state index contributed by atoms with van der Waals surface area (Å²) in [6.07, 6.45) is -8.52. The van der Waals surface area contributed by atoms with Crippen LogP contribution in [0.3, 0.4) is 0 Å². The Balaban J connectivity index is 1.51. The second kappa shape index (κ2) is 57.8. The molecule has 622 valence electrons. The second-order valence-corrected chi connectivity index (χ2v) is 25.5. The summed E-state index contributed by atoms with van der Waals surface area (Å²) in [6.45, 7) is 3.85. The number of ether oxygens (including phenoxy) is 18. The average molecular weight is 1550 g/mol. The van der Waals surface area contributed by atoms with Crippen LogP contribution in [-0.2, 0) is 124 Å². The summed E-state index contributed by atoms with van der Waals surface area (Å²) in [6, 6.07) is -3.23. The fourth-order valence-corrected chi connectivity index (χ4v) is 10.5. The molecule has 17 N–H and O–H groups in total. The minimum Gasteiger partial charge on any atom is -0.481 e. The highest BCUT2D eigenvalue weighted by molar-refractivity contribution is 5.77. The van der Waals surface area contributed by atoms with Gasteiger partial charge in [0, 0.05) is 72.5 Å². The zero-order valence-corrected chi connectivity index (χ0v) is 61.9. The van der Waals surface area contributed by atoms with Crippen LogP contribution in [0.25, 0.3) is 0 Å². The molecular formula is C67H121N7O33. The van der Waals surface area contributed by atoms with Crippen molar-refractivity contribution >= 4 is 47.5 Å². The van der Waals surface area contributed by atoms with E-state index in [9.17, 15) is 69.0 Å². The lowest BCUT2D eigenvalue weighted by molar-refractivity contribution is -0.268. The Morgan fingerprint density at radius 3 is 0.897 bits per heavy atom. The SMILES string of the molecule is CC(=O)OCC1OC(OCCOCCOCCNC(=O)CCOCC(COCCC(=O)NCCOCCOCCOC2OC(COC(C)=O)C(O)C(O)C2N)(COCCC(=O)NCCOCCOCCOC2OC(COC(C)=O)C(O)C(O)C2N)NC(=O)CCCCCCCCCCC(=O)O)C(N)C(O)C1O. The molecule has 0 aliphatic carbocycles. The van der Waals surface area contributed by atoms with Crippen LogP contribution in [0, 0.1) is 0 Å². The van der Waals surface area contributed by atoms with Crippen molar-refractivity contribution in [2.75, 3.05) is 178 Å². The maximum absolute atomic E-state index is 13.8. The number of amides is 4. The van der Waals surface area contributed by atoms with Crippen molar-refractivity contribution in [3.05, 3.63) is 0 Å². The molecule has 0 saturated carbocycles. The fourth-order valence-electron chi connectivity index (χ4n) is 10.5. The molecule has 0 aromatic carbocycles. The first kappa shape index (κ1) is 96.0. The van der Waals surface area contributed by atoms with Gasteiger partial charge in [0.05, 0.1) is 157 Å². The summed E-state index contributed by atoms with van der Waals surface area (Å²) >= 11 is 0. The number of hydrogen-bond acceptors (Lipinski definition) is 35. The summed E-state index contributed by atoms with van der Waals surface area (Å²) in [7, 11) is 0. The molecule has 0 bridgehead atoms. The molecule has 3 aliphatic heterocycles. The molecule has 15 atom stereocenters. The van der Waals surface area contributed by atoms with Crippen LogP contribution in [0.2, 0.25) is 0 Å². The Morgan fingerprint density at radius 2 is 0.607 bits per heavy atom. The first-order valence-corrected chi connectivity index (χ1v) is 36.4. The number of carboxylic acid groups (broad SMARTS) is 1. The lowest BCUT2D eigenvalue weighted by Crippen LogP contribution is -2.62. The highest BCUT2D eigenvalue weighted by atomic mass is 16.7. The number of nitrogens with two attached hydrogens (primary N) is 3. The molecule has 40 nitrogen and oxygen atoms in total. The van der Waals surface area contributed by atoms with Gasteiger partial charge in [-0.2, -0.15) is 0 Å². The number of unbranched alkanes of at least 4 members (excludes halogenated alkanes) is 7. The lowest BCUT2D eigenvalue weighted by Gasteiger charge is -2.40. The number of esters is 3. The van der Waals surface area contributed by atoms with Gasteiger partial charge in [0.2, 0.25) is 23.6 Å². The smallest absolute Gasteiger partial charge is 0.303 e. The van der Waals surface area contributed by atoms with Crippen molar-refractivity contribution in [2.45, 2.75) is 202 Å². The maximum Gasteiger partial charge on any atom is 0.303 e. The van der Waals surface area contributed by atoms with E-state index in [0.29, 0.717) is 12.8 Å². The third kappa shape index (κ3) is 43.3. The molecular weight excluding hydrogens is 1430 g/mol. The number of aliphatic hydroxyl groups is 6. The van der Waals surface area contributed by atoms with Gasteiger partial charge in [0.15, 0.2) is 18.9 Å². The minimum atomic E-state index is -1.39. The molecule has 0 radical (unpaired) electrons. The van der Waals surface area contributed by atoms with Crippen molar-refractivity contribution in [3.63, 3.8) is 0 Å². The summed E-state index contributed by atoms with van der Waals surface area (Å²) in [5.74, 6) is -4.06. The number of aliphatic carboxylic acids is 1. The molecule has 4 amide bonds. The van der Waals surface area contributed by atoms with Gasteiger partial charge in [-0.15, -0.1) is 0 Å². The predicted molar refractivity (Wildman–Crippen MR) is 369 cm³/mol. The number of hydrogen-bond donors (Lipinski definition) is 14. The van der Waals surface area contributed by atoms with Crippen molar-refractivity contribution in [1.29, 1.82) is 0 Å². The molecule has 107 heavy (non-hydrogen) atoms. The zero-order chi connectivity index (χ0) is 78.6. The quantitative estimate of drug-likeness (QED) is 0.0153. The van der Waals surface area contributed by atoms with E-state index in [1.54, 1.807) is 0 Å². The Morgan fingerprint density at radius 1 is 0.336 bits per heavy atom. The third-order valence-electron chi connectivity index (χ3n) is 16.5. The molecule has 3 heterocycles. The van der Waals surface area contributed by atoms with Crippen molar-refractivity contribution in [3.8, 4) is 0 Å². The van der Waals surface area contributed by atoms with Gasteiger partial charge in [-0.05, 0) is 12.8 Å². The number of carbonyl (C=O) groups is 8. The van der Waals surface area contributed by atoms with Crippen molar-refractivity contribution < 1.29 is 159 Å². The highest BCUT2D eigenvalue weighted by Crippen LogP contribution is 2.25. The molecule has 3 rings (SSSR count). The van der Waals surface area contributed by atoms with Gasteiger partial charge in [0.25, 0.3) is 0 Å². The summed E-state index contributed by atoms with van der Waals surface area (Å²) in [5.41, 5.74) is 16.5. The maximum atomic E-state index is 13.8. The molecule has 0 aromatic heterocycles.